The van der Waals surface area contributed by atoms with E-state index in [0.29, 0.717) is 28.9 Å². The van der Waals surface area contributed by atoms with Crippen LogP contribution in [0.15, 0.2) is 74.3 Å². The molecule has 2 aliphatic rings. The molecule has 2 aromatic carbocycles. The number of carbonyl (C=O) groups is 2. The lowest BCUT2D eigenvalue weighted by Gasteiger charge is -2.17. The van der Waals surface area contributed by atoms with Gasteiger partial charge in [-0.1, -0.05) is 41.0 Å². The highest BCUT2D eigenvalue weighted by Crippen LogP contribution is 2.42. The molecule has 0 radical (unpaired) electrons. The molecular weight excluding hydrogens is 478 g/mol. The molecule has 1 aliphatic carbocycles. The number of hydroxylamine groups is 1. The van der Waals surface area contributed by atoms with E-state index in [1.807, 2.05) is 14.1 Å². The number of benzene rings is 2. The van der Waals surface area contributed by atoms with E-state index in [0.717, 1.165) is 29.9 Å². The summed E-state index contributed by atoms with van der Waals surface area (Å²) in [4.78, 5) is 33.9. The summed E-state index contributed by atoms with van der Waals surface area (Å²) in [7, 11) is 4.02. The third-order valence-corrected chi connectivity index (χ3v) is 5.92. The summed E-state index contributed by atoms with van der Waals surface area (Å²) in [5, 5.41) is 6.75. The van der Waals surface area contributed by atoms with Gasteiger partial charge in [-0.15, -0.1) is 14.4 Å². The lowest BCUT2D eigenvalue weighted by molar-refractivity contribution is -0.244. The minimum Gasteiger partial charge on any atom is -0.321 e. The van der Waals surface area contributed by atoms with E-state index in [4.69, 9.17) is 21.1 Å². The molecule has 34 heavy (non-hydrogen) atoms. The quantitative estimate of drug-likeness (QED) is 0.166. The second-order valence-electron chi connectivity index (χ2n) is 7.79. The Morgan fingerprint density at radius 2 is 1.79 bits per heavy atom. The minimum atomic E-state index is -0.428. The van der Waals surface area contributed by atoms with E-state index in [1.54, 1.807) is 48.5 Å². The van der Waals surface area contributed by atoms with Crippen LogP contribution in [-0.4, -0.2) is 43.8 Å². The molecule has 1 amide bonds. The van der Waals surface area contributed by atoms with Crippen LogP contribution in [0.3, 0.4) is 0 Å². The van der Waals surface area contributed by atoms with Crippen molar-refractivity contribution < 1.29 is 18.9 Å². The third-order valence-electron chi connectivity index (χ3n) is 5.24. The highest BCUT2D eigenvalue weighted by atomic mass is 35.5. The van der Waals surface area contributed by atoms with Crippen molar-refractivity contribution in [3.05, 3.63) is 76.4 Å². The summed E-state index contributed by atoms with van der Waals surface area (Å²) in [6, 6.07) is 14.1. The Bertz CT molecular complexity index is 1190. The van der Waals surface area contributed by atoms with E-state index in [1.165, 1.54) is 0 Å². The average Bonchev–Trinajstić information content (AvgIpc) is 3.18. The number of rotatable bonds is 10. The molecule has 0 saturated carbocycles. The van der Waals surface area contributed by atoms with Gasteiger partial charge in [-0.05, 0) is 44.8 Å². The van der Waals surface area contributed by atoms with Crippen LogP contribution in [0.25, 0.3) is 11.4 Å². The van der Waals surface area contributed by atoms with Gasteiger partial charge >= 0.3 is 0 Å². The van der Waals surface area contributed by atoms with Crippen molar-refractivity contribution in [1.82, 2.24) is 15.7 Å². The fourth-order valence-corrected chi connectivity index (χ4v) is 4.20. The molecule has 0 fully saturated rings. The van der Waals surface area contributed by atoms with Crippen LogP contribution in [0.1, 0.15) is 27.9 Å². The zero-order valence-electron chi connectivity index (χ0n) is 18.5. The second kappa shape index (κ2) is 11.0. The number of carbonyl (C=O) groups excluding carboxylic acids is 2. The average molecular weight is 500 g/mol. The molecule has 11 heteroatoms. The summed E-state index contributed by atoms with van der Waals surface area (Å²) >= 11 is 6.54. The van der Waals surface area contributed by atoms with Gasteiger partial charge in [-0.25, -0.2) is 0 Å². The molecule has 0 atom stereocenters. The normalized spacial score (nSPS) is 15.4. The van der Waals surface area contributed by atoms with Crippen molar-refractivity contribution in [2.45, 2.75) is 11.3 Å². The Balaban J connectivity index is 1.51. The van der Waals surface area contributed by atoms with Crippen LogP contribution in [0.5, 0.6) is 0 Å². The molecule has 9 nitrogen and oxygen atoms in total. The van der Waals surface area contributed by atoms with E-state index < -0.39 is 5.91 Å². The third kappa shape index (κ3) is 5.12. The van der Waals surface area contributed by atoms with E-state index in [-0.39, 0.29) is 22.6 Å². The molecule has 0 unspecified atom stereocenters. The van der Waals surface area contributed by atoms with Gasteiger partial charge in [0, 0.05) is 22.6 Å². The van der Waals surface area contributed by atoms with Gasteiger partial charge in [0.25, 0.3) is 5.91 Å². The lowest BCUT2D eigenvalue weighted by atomic mass is 9.84. The van der Waals surface area contributed by atoms with Crippen molar-refractivity contribution in [3.63, 3.8) is 0 Å². The predicted molar refractivity (Wildman–Crippen MR) is 129 cm³/mol. The maximum atomic E-state index is 13.3. The minimum absolute atomic E-state index is 0.165. The van der Waals surface area contributed by atoms with Crippen LogP contribution in [0.4, 0.5) is 0 Å². The molecule has 0 saturated heterocycles. The molecule has 1 aliphatic heterocycles. The smallest absolute Gasteiger partial charge is 0.258 e. The van der Waals surface area contributed by atoms with Gasteiger partial charge in [-0.2, -0.15) is 5.48 Å². The number of fused-ring (bicyclic) bond motifs is 2. The lowest BCUT2D eigenvalue weighted by Crippen LogP contribution is -2.21. The number of ketones is 1. The number of hydrogen-bond acceptors (Lipinski definition) is 9. The van der Waals surface area contributed by atoms with E-state index in [9.17, 15) is 9.59 Å². The monoisotopic (exact) mass is 499 g/mol. The zero-order valence-corrected chi connectivity index (χ0v) is 20.1. The standard InChI is InChI=1S/C23H22ClN5O4S/c1-29(2)13-5-12-25-32-33-34-15-10-8-14(9-11-15)20-18-19(23(31)26-20)21(27-28-24)16-6-3-4-7-17(16)22(18)30/h3-4,6-11,25H,5,12-13H2,1-2H3,(H,26,31)/b28-27-. The Labute approximate surface area is 206 Å². The number of nitrogens with one attached hydrogen (secondary N) is 2. The molecule has 176 valence electrons. The SMILES string of the molecule is CN(C)CCCNOOSc1ccc(C2=C3C(=O)c4ccccc4C(/N=N\Cl)=C3C(=O)N2)cc1. The largest absolute Gasteiger partial charge is 0.321 e. The fraction of sp³-hybridized carbons (Fsp3) is 0.217. The first-order valence-corrected chi connectivity index (χ1v) is 11.5. The van der Waals surface area contributed by atoms with Crippen LogP contribution in [0.2, 0.25) is 0 Å². The van der Waals surface area contributed by atoms with Gasteiger partial charge in [0.05, 0.1) is 40.7 Å². The number of Topliss-reactive ketones (excluding diaryl/α,β-unsaturated/α-hetero) is 1. The second-order valence-corrected chi connectivity index (χ2v) is 8.71. The van der Waals surface area contributed by atoms with Gasteiger partial charge < -0.3 is 10.2 Å². The maximum Gasteiger partial charge on any atom is 0.258 e. The first-order valence-electron chi connectivity index (χ1n) is 10.5. The molecule has 0 aromatic heterocycles. The summed E-state index contributed by atoms with van der Waals surface area (Å²) in [5.41, 5.74) is 5.46. The first-order chi connectivity index (χ1) is 16.5. The Morgan fingerprint density at radius 3 is 2.50 bits per heavy atom. The van der Waals surface area contributed by atoms with Crippen molar-refractivity contribution in [3.8, 4) is 0 Å². The molecule has 2 aromatic rings. The van der Waals surface area contributed by atoms with Crippen molar-refractivity contribution in [2.24, 2.45) is 9.75 Å². The highest BCUT2D eigenvalue weighted by Gasteiger charge is 2.40. The van der Waals surface area contributed by atoms with E-state index in [2.05, 4.69) is 25.4 Å². The Morgan fingerprint density at radius 1 is 1.06 bits per heavy atom. The maximum absolute atomic E-state index is 13.3. The molecule has 0 spiro atoms. The van der Waals surface area contributed by atoms with Gasteiger partial charge in [-0.3, -0.25) is 9.59 Å². The van der Waals surface area contributed by atoms with Gasteiger partial charge in [0.2, 0.25) is 0 Å². The summed E-state index contributed by atoms with van der Waals surface area (Å²) in [6.07, 6.45) is 0.923. The number of hydrogen-bond donors (Lipinski definition) is 2. The topological polar surface area (TPSA) is 105 Å². The summed E-state index contributed by atoms with van der Waals surface area (Å²) < 4.78 is 8.44. The van der Waals surface area contributed by atoms with Crippen molar-refractivity contribution in [1.29, 1.82) is 0 Å². The van der Waals surface area contributed by atoms with Gasteiger partial charge in [0.1, 0.15) is 5.70 Å². The van der Waals surface area contributed by atoms with Crippen LogP contribution < -0.4 is 10.8 Å². The van der Waals surface area contributed by atoms with E-state index >= 15 is 0 Å². The predicted octanol–water partition coefficient (Wildman–Crippen LogP) is 4.15. The number of nitrogens with zero attached hydrogens (tertiary/aromatic N) is 3. The molecule has 0 bridgehead atoms. The van der Waals surface area contributed by atoms with Crippen LogP contribution >= 0.6 is 23.8 Å². The van der Waals surface area contributed by atoms with Crippen LogP contribution in [-0.2, 0) is 14.1 Å². The van der Waals surface area contributed by atoms with Crippen molar-refractivity contribution in [2.75, 3.05) is 27.2 Å². The number of halogens is 1. The molecule has 1 heterocycles. The van der Waals surface area contributed by atoms with Crippen molar-refractivity contribution >= 4 is 46.9 Å². The highest BCUT2D eigenvalue weighted by molar-refractivity contribution is 7.94. The Kier molecular flexibility index (Phi) is 7.88. The molecule has 2 N–H and O–H groups in total. The summed E-state index contributed by atoms with van der Waals surface area (Å²) in [6.45, 7) is 1.60. The molecular formula is C23H22ClN5O4S. The fourth-order valence-electron chi connectivity index (χ4n) is 3.71. The first kappa shape index (κ1) is 24.3. The Hall–Kier alpha value is -2.86. The zero-order chi connectivity index (χ0) is 24.1. The molecule has 4 rings (SSSR count). The number of amides is 1. The van der Waals surface area contributed by atoms with Gasteiger partial charge in [0.15, 0.2) is 5.78 Å². The summed E-state index contributed by atoms with van der Waals surface area (Å²) in [5.74, 6) is -0.689. The van der Waals surface area contributed by atoms with Crippen LogP contribution in [0, 0.1) is 0 Å².